The van der Waals surface area contributed by atoms with Crippen LogP contribution in [0.2, 0.25) is 0 Å². The number of methoxy groups -OCH3 is 1. The van der Waals surface area contributed by atoms with E-state index in [0.29, 0.717) is 6.04 Å². The fraction of sp³-hybridized carbons (Fsp3) is 0.900. The Morgan fingerprint density at radius 3 is 2.15 bits per heavy atom. The molecule has 1 atom stereocenters. The number of hydrogen-bond acceptors (Lipinski definition) is 3. The Hall–Kier alpha value is -0.570. The lowest BCUT2D eigenvalue weighted by molar-refractivity contribution is -0.146. The molecule has 0 N–H and O–H groups in total. The second-order valence-electron chi connectivity index (χ2n) is 3.33. The number of likely N-dealkylation sites (N-methyl/N-ethyl adjacent to an activating group) is 1. The lowest BCUT2D eigenvalue weighted by atomic mass is 10.1. The second-order valence-corrected chi connectivity index (χ2v) is 3.33. The molecule has 0 rings (SSSR count). The molecule has 0 heterocycles. The molecule has 0 saturated heterocycles. The molecule has 0 radical (unpaired) electrons. The molecule has 78 valence electrons. The molecule has 0 bridgehead atoms. The first-order valence-corrected chi connectivity index (χ1v) is 4.88. The molecule has 0 aromatic rings. The van der Waals surface area contributed by atoms with Gasteiger partial charge in [-0.2, -0.15) is 0 Å². The molecular formula is C10H21NO2. The van der Waals surface area contributed by atoms with Gasteiger partial charge in [-0.1, -0.05) is 13.8 Å². The standard InChI is InChI=1S/C10H21NO2/c1-6-9(7-2)11(4)8(3)10(12)13-5/h8-9H,6-7H2,1-5H3. The first kappa shape index (κ1) is 12.4. The molecule has 0 fully saturated rings. The van der Waals surface area contributed by atoms with Gasteiger partial charge in [0.05, 0.1) is 7.11 Å². The van der Waals surface area contributed by atoms with E-state index in [9.17, 15) is 4.79 Å². The monoisotopic (exact) mass is 187 g/mol. The van der Waals surface area contributed by atoms with E-state index in [1.165, 1.54) is 7.11 Å². The zero-order chi connectivity index (χ0) is 10.4. The van der Waals surface area contributed by atoms with Gasteiger partial charge in [0.1, 0.15) is 6.04 Å². The van der Waals surface area contributed by atoms with Gasteiger partial charge in [-0.05, 0) is 26.8 Å². The van der Waals surface area contributed by atoms with Crippen LogP contribution < -0.4 is 0 Å². The first-order chi connectivity index (χ1) is 6.08. The maximum absolute atomic E-state index is 11.2. The van der Waals surface area contributed by atoms with Crippen molar-refractivity contribution >= 4 is 5.97 Å². The molecule has 1 unspecified atom stereocenters. The number of esters is 1. The van der Waals surface area contributed by atoms with Gasteiger partial charge in [0.25, 0.3) is 0 Å². The van der Waals surface area contributed by atoms with E-state index < -0.39 is 0 Å². The molecule has 0 aliphatic carbocycles. The smallest absolute Gasteiger partial charge is 0.322 e. The van der Waals surface area contributed by atoms with Gasteiger partial charge >= 0.3 is 5.97 Å². The van der Waals surface area contributed by atoms with E-state index in [0.717, 1.165) is 12.8 Å². The van der Waals surface area contributed by atoms with Crippen molar-refractivity contribution in [2.45, 2.75) is 45.7 Å². The SMILES string of the molecule is CCC(CC)N(C)C(C)C(=O)OC. The molecule has 0 aliphatic rings. The molecule has 0 saturated carbocycles. The highest BCUT2D eigenvalue weighted by atomic mass is 16.5. The first-order valence-electron chi connectivity index (χ1n) is 4.88. The van der Waals surface area contributed by atoms with Crippen LogP contribution in [-0.4, -0.2) is 37.1 Å². The Morgan fingerprint density at radius 1 is 1.38 bits per heavy atom. The van der Waals surface area contributed by atoms with Crippen LogP contribution in [0.4, 0.5) is 0 Å². The van der Waals surface area contributed by atoms with Crippen molar-refractivity contribution in [3.8, 4) is 0 Å². The summed E-state index contributed by atoms with van der Waals surface area (Å²) in [6, 6.07) is 0.323. The van der Waals surface area contributed by atoms with Gasteiger partial charge in [-0.15, -0.1) is 0 Å². The minimum atomic E-state index is -0.158. The van der Waals surface area contributed by atoms with Gasteiger partial charge in [0, 0.05) is 6.04 Å². The van der Waals surface area contributed by atoms with Crippen molar-refractivity contribution in [2.24, 2.45) is 0 Å². The molecule has 3 nitrogen and oxygen atoms in total. The average molecular weight is 187 g/mol. The minimum Gasteiger partial charge on any atom is -0.468 e. The largest absolute Gasteiger partial charge is 0.468 e. The van der Waals surface area contributed by atoms with Crippen LogP contribution in [0.25, 0.3) is 0 Å². The van der Waals surface area contributed by atoms with Crippen LogP contribution >= 0.6 is 0 Å². The Morgan fingerprint density at radius 2 is 1.85 bits per heavy atom. The lowest BCUT2D eigenvalue weighted by Crippen LogP contribution is -2.43. The van der Waals surface area contributed by atoms with Gasteiger partial charge in [-0.3, -0.25) is 9.69 Å². The number of nitrogens with zero attached hydrogens (tertiary/aromatic N) is 1. The predicted octanol–water partition coefficient (Wildman–Crippen LogP) is 1.67. The maximum atomic E-state index is 11.2. The number of carbonyl (C=O) groups excluding carboxylic acids is 1. The molecule has 0 aromatic carbocycles. The maximum Gasteiger partial charge on any atom is 0.322 e. The summed E-state index contributed by atoms with van der Waals surface area (Å²) >= 11 is 0. The van der Waals surface area contributed by atoms with Crippen LogP contribution in [0.1, 0.15) is 33.6 Å². The summed E-state index contributed by atoms with van der Waals surface area (Å²) in [7, 11) is 3.40. The van der Waals surface area contributed by atoms with E-state index in [1.807, 2.05) is 14.0 Å². The van der Waals surface area contributed by atoms with Gasteiger partial charge in [0.2, 0.25) is 0 Å². The summed E-state index contributed by atoms with van der Waals surface area (Å²) in [6.45, 7) is 6.15. The van der Waals surface area contributed by atoms with Crippen molar-refractivity contribution in [3.05, 3.63) is 0 Å². The number of rotatable bonds is 5. The van der Waals surface area contributed by atoms with Crippen molar-refractivity contribution in [2.75, 3.05) is 14.2 Å². The van der Waals surface area contributed by atoms with Crippen molar-refractivity contribution < 1.29 is 9.53 Å². The number of ether oxygens (including phenoxy) is 1. The van der Waals surface area contributed by atoms with E-state index in [4.69, 9.17) is 4.74 Å². The summed E-state index contributed by atoms with van der Waals surface area (Å²) in [5.41, 5.74) is 0. The Labute approximate surface area is 81.1 Å². The molecule has 0 aromatic heterocycles. The topological polar surface area (TPSA) is 29.5 Å². The molecular weight excluding hydrogens is 166 g/mol. The van der Waals surface area contributed by atoms with Crippen LogP contribution in [0.15, 0.2) is 0 Å². The number of hydrogen-bond donors (Lipinski definition) is 0. The highest BCUT2D eigenvalue weighted by molar-refractivity contribution is 5.75. The Balaban J connectivity index is 4.21. The third kappa shape index (κ3) is 3.35. The summed E-state index contributed by atoms with van der Waals surface area (Å²) < 4.78 is 4.69. The van der Waals surface area contributed by atoms with Crippen LogP contribution in [0.5, 0.6) is 0 Å². The highest BCUT2D eigenvalue weighted by Gasteiger charge is 2.22. The summed E-state index contributed by atoms with van der Waals surface area (Å²) in [5.74, 6) is -0.158. The Bertz CT molecular complexity index is 155. The zero-order valence-corrected chi connectivity index (χ0v) is 9.33. The second kappa shape index (κ2) is 5.97. The van der Waals surface area contributed by atoms with E-state index >= 15 is 0 Å². The van der Waals surface area contributed by atoms with Crippen LogP contribution in [0, 0.1) is 0 Å². The van der Waals surface area contributed by atoms with Crippen LogP contribution in [-0.2, 0) is 9.53 Å². The highest BCUT2D eigenvalue weighted by Crippen LogP contribution is 2.10. The fourth-order valence-electron chi connectivity index (χ4n) is 1.52. The van der Waals surface area contributed by atoms with E-state index in [2.05, 4.69) is 18.7 Å². The van der Waals surface area contributed by atoms with Gasteiger partial charge < -0.3 is 4.74 Å². The third-order valence-electron chi connectivity index (χ3n) is 2.67. The summed E-state index contributed by atoms with van der Waals surface area (Å²) in [5, 5.41) is 0. The Kier molecular flexibility index (Phi) is 5.71. The van der Waals surface area contributed by atoms with Crippen molar-refractivity contribution in [1.82, 2.24) is 4.90 Å². The zero-order valence-electron chi connectivity index (χ0n) is 9.33. The van der Waals surface area contributed by atoms with Crippen molar-refractivity contribution in [1.29, 1.82) is 0 Å². The fourth-order valence-corrected chi connectivity index (χ4v) is 1.52. The minimum absolute atomic E-state index is 0.144. The molecule has 3 heteroatoms. The van der Waals surface area contributed by atoms with E-state index in [1.54, 1.807) is 0 Å². The van der Waals surface area contributed by atoms with Gasteiger partial charge in [0.15, 0.2) is 0 Å². The molecule has 13 heavy (non-hydrogen) atoms. The summed E-state index contributed by atoms with van der Waals surface area (Å²) in [6.07, 6.45) is 2.13. The van der Waals surface area contributed by atoms with Crippen molar-refractivity contribution in [3.63, 3.8) is 0 Å². The lowest BCUT2D eigenvalue weighted by Gasteiger charge is -2.30. The average Bonchev–Trinajstić information content (AvgIpc) is 2.17. The quantitative estimate of drug-likeness (QED) is 0.613. The molecule has 0 aliphatic heterocycles. The van der Waals surface area contributed by atoms with Gasteiger partial charge in [-0.25, -0.2) is 0 Å². The predicted molar refractivity (Wildman–Crippen MR) is 53.6 cm³/mol. The van der Waals surface area contributed by atoms with Crippen LogP contribution in [0.3, 0.4) is 0 Å². The molecule has 0 amide bonds. The van der Waals surface area contributed by atoms with E-state index in [-0.39, 0.29) is 12.0 Å². The third-order valence-corrected chi connectivity index (χ3v) is 2.67. The summed E-state index contributed by atoms with van der Waals surface area (Å²) in [4.78, 5) is 13.3. The number of carbonyl (C=O) groups is 1. The molecule has 0 spiro atoms. The normalized spacial score (nSPS) is 13.5.